The van der Waals surface area contributed by atoms with Crippen molar-refractivity contribution >= 4 is 23.1 Å². The number of carbonyl (C=O) groups excluding carboxylic acids is 1. The predicted molar refractivity (Wildman–Crippen MR) is 161 cm³/mol. The topological polar surface area (TPSA) is 71.7 Å². The second-order valence-corrected chi connectivity index (χ2v) is 12.1. The van der Waals surface area contributed by atoms with Crippen LogP contribution in [-0.4, -0.2) is 48.0 Å². The predicted octanol–water partition coefficient (Wildman–Crippen LogP) is 6.84. The quantitative estimate of drug-likeness (QED) is 0.442. The first kappa shape index (κ1) is 27.4. The number of amides is 2. The molecule has 2 aromatic rings. The number of urea groups is 1. The molecule has 0 radical (unpaired) electrons. The minimum absolute atomic E-state index is 0.310. The summed E-state index contributed by atoms with van der Waals surface area (Å²) in [5.41, 5.74) is 4.19. The Bertz CT molecular complexity index is 1440. The highest BCUT2D eigenvalue weighted by Gasteiger charge is 2.52. The Morgan fingerprint density at radius 3 is 2.63 bits per heavy atom. The summed E-state index contributed by atoms with van der Waals surface area (Å²) in [6, 6.07) is 16.5. The lowest BCUT2D eigenvalue weighted by atomic mass is 9.83. The maximum atomic E-state index is 14.3. The molecule has 2 aliphatic heterocycles. The smallest absolute Gasteiger partial charge is 0.350 e. The zero-order valence-corrected chi connectivity index (χ0v) is 23.8. The van der Waals surface area contributed by atoms with E-state index in [-0.39, 0.29) is 11.8 Å². The number of nitrogens with one attached hydrogen (secondary N) is 1. The number of rotatable bonds is 5. The standard InChI is InChI=1S/C34H38FN5O/c1-24-18-25(20-27(19-24)31-13-6-5-8-26(31)22-36)23-39-16-14-34(15-17-39)32(37-29-10-3-2-4-11-29)38-33(41)40(34)30-12-7-9-28(35)21-30/h5-9,12-13,18,20-21,24,29H,2-4,10-11,14-17,19,23H2,1H3,(H,37,38,41). The molecule has 41 heavy (non-hydrogen) atoms. The van der Waals surface area contributed by atoms with E-state index in [1.165, 1.54) is 42.5 Å². The molecule has 6 rings (SSSR count). The average Bonchev–Trinajstić information content (AvgIpc) is 3.24. The van der Waals surface area contributed by atoms with Crippen LogP contribution in [0.15, 0.2) is 71.2 Å². The van der Waals surface area contributed by atoms with Crippen molar-refractivity contribution in [3.63, 3.8) is 0 Å². The Labute approximate surface area is 242 Å². The van der Waals surface area contributed by atoms with Crippen molar-refractivity contribution in [3.8, 4) is 6.07 Å². The van der Waals surface area contributed by atoms with E-state index in [1.807, 2.05) is 30.3 Å². The number of likely N-dealkylation sites (tertiary alicyclic amines) is 1. The molecule has 1 saturated carbocycles. The van der Waals surface area contributed by atoms with Crippen LogP contribution in [0.4, 0.5) is 14.9 Å². The van der Waals surface area contributed by atoms with Gasteiger partial charge in [0.25, 0.3) is 0 Å². The maximum absolute atomic E-state index is 14.3. The molecule has 2 aromatic carbocycles. The van der Waals surface area contributed by atoms with Gasteiger partial charge in [0, 0.05) is 31.4 Å². The fourth-order valence-electron chi connectivity index (χ4n) is 7.17. The van der Waals surface area contributed by atoms with Crippen LogP contribution in [0.1, 0.15) is 69.4 Å². The molecule has 0 bridgehead atoms. The highest BCUT2D eigenvalue weighted by atomic mass is 19.1. The molecule has 2 amide bonds. The van der Waals surface area contributed by atoms with Gasteiger partial charge in [-0.05, 0) is 79.0 Å². The van der Waals surface area contributed by atoms with Crippen LogP contribution in [0.3, 0.4) is 0 Å². The molecule has 2 fully saturated rings. The molecule has 1 saturated heterocycles. The summed E-state index contributed by atoms with van der Waals surface area (Å²) in [7, 11) is 0. The zero-order chi connectivity index (χ0) is 28.4. The Kier molecular flexibility index (Phi) is 7.77. The van der Waals surface area contributed by atoms with Crippen LogP contribution in [0.2, 0.25) is 0 Å². The highest BCUT2D eigenvalue weighted by Crippen LogP contribution is 2.40. The number of benzene rings is 2. The number of anilines is 1. The number of piperidine rings is 1. The van der Waals surface area contributed by atoms with Gasteiger partial charge in [-0.1, -0.05) is 62.6 Å². The Balaban J connectivity index is 1.22. The number of aliphatic imine (C=N–C) groups is 1. The van der Waals surface area contributed by atoms with Gasteiger partial charge in [0.05, 0.1) is 11.6 Å². The first-order valence-electron chi connectivity index (χ1n) is 15.0. The van der Waals surface area contributed by atoms with Gasteiger partial charge < -0.3 is 5.32 Å². The first-order valence-corrected chi connectivity index (χ1v) is 15.0. The SMILES string of the molecule is CC1C=C(CN2CCC3(CC2)C(NC2CCCCC2)=NC(=O)N3c2cccc(F)c2)C=C(c2ccccc2C#N)C1. The lowest BCUT2D eigenvalue weighted by Crippen LogP contribution is -2.62. The number of nitrogens with zero attached hydrogens (tertiary/aromatic N) is 4. The fourth-order valence-corrected chi connectivity index (χ4v) is 7.17. The molecule has 2 heterocycles. The second-order valence-electron chi connectivity index (χ2n) is 12.1. The van der Waals surface area contributed by atoms with Gasteiger partial charge >= 0.3 is 6.03 Å². The number of hydrogen-bond donors (Lipinski definition) is 1. The van der Waals surface area contributed by atoms with E-state index < -0.39 is 5.54 Å². The van der Waals surface area contributed by atoms with E-state index in [9.17, 15) is 14.4 Å². The number of hydrogen-bond acceptors (Lipinski definition) is 4. The van der Waals surface area contributed by atoms with Crippen molar-refractivity contribution < 1.29 is 9.18 Å². The van der Waals surface area contributed by atoms with Crippen molar-refractivity contribution in [2.75, 3.05) is 24.5 Å². The van der Waals surface area contributed by atoms with Gasteiger partial charge in [0.15, 0.2) is 0 Å². The monoisotopic (exact) mass is 551 g/mol. The molecule has 1 atom stereocenters. The zero-order valence-electron chi connectivity index (χ0n) is 23.8. The van der Waals surface area contributed by atoms with Gasteiger partial charge in [-0.3, -0.25) is 9.80 Å². The number of halogens is 1. The maximum Gasteiger partial charge on any atom is 0.350 e. The highest BCUT2D eigenvalue weighted by molar-refractivity contribution is 6.16. The molecule has 2 aliphatic carbocycles. The van der Waals surface area contributed by atoms with Crippen molar-refractivity contribution in [2.24, 2.45) is 10.9 Å². The van der Waals surface area contributed by atoms with Crippen molar-refractivity contribution in [3.05, 3.63) is 83.2 Å². The van der Waals surface area contributed by atoms with Crippen molar-refractivity contribution in [1.29, 1.82) is 5.26 Å². The molecule has 1 N–H and O–H groups in total. The Hall–Kier alpha value is -3.76. The third-order valence-corrected chi connectivity index (χ3v) is 9.16. The van der Waals surface area contributed by atoms with Crippen LogP contribution in [0.5, 0.6) is 0 Å². The molecule has 212 valence electrons. The third kappa shape index (κ3) is 5.58. The molecule has 1 spiro atoms. The fraction of sp³-hybridized carbons (Fsp3) is 0.441. The summed E-state index contributed by atoms with van der Waals surface area (Å²) >= 11 is 0. The summed E-state index contributed by atoms with van der Waals surface area (Å²) in [5, 5.41) is 13.3. The molecular weight excluding hydrogens is 513 g/mol. The van der Waals surface area contributed by atoms with Crippen LogP contribution in [0.25, 0.3) is 5.57 Å². The van der Waals surface area contributed by atoms with Gasteiger partial charge in [0.1, 0.15) is 17.2 Å². The molecule has 4 aliphatic rings. The number of nitriles is 1. The van der Waals surface area contributed by atoms with Gasteiger partial charge in [-0.15, -0.1) is 0 Å². The van der Waals surface area contributed by atoms with Crippen LogP contribution in [-0.2, 0) is 0 Å². The summed E-state index contributed by atoms with van der Waals surface area (Å²) in [6.07, 6.45) is 12.8. The summed E-state index contributed by atoms with van der Waals surface area (Å²) in [5.74, 6) is 0.803. The molecule has 1 unspecified atom stereocenters. The number of amidine groups is 1. The Morgan fingerprint density at radius 1 is 1.10 bits per heavy atom. The minimum Gasteiger partial charge on any atom is -0.369 e. The van der Waals surface area contributed by atoms with Crippen molar-refractivity contribution in [2.45, 2.75) is 69.9 Å². The molecule has 6 nitrogen and oxygen atoms in total. The average molecular weight is 552 g/mol. The largest absolute Gasteiger partial charge is 0.369 e. The van der Waals surface area contributed by atoms with Crippen molar-refractivity contribution in [1.82, 2.24) is 10.2 Å². The lowest BCUT2D eigenvalue weighted by molar-refractivity contribution is 0.200. The molecule has 7 heteroatoms. The number of carbonyl (C=O) groups is 1. The van der Waals surface area contributed by atoms with Gasteiger partial charge in [0.2, 0.25) is 0 Å². The molecular formula is C34H38FN5O. The summed E-state index contributed by atoms with van der Waals surface area (Å²) in [4.78, 5) is 22.1. The Morgan fingerprint density at radius 2 is 1.88 bits per heavy atom. The van der Waals surface area contributed by atoms with Crippen LogP contribution < -0.4 is 10.2 Å². The van der Waals surface area contributed by atoms with Crippen LogP contribution in [0, 0.1) is 23.1 Å². The first-order chi connectivity index (χ1) is 19.9. The molecule has 0 aromatic heterocycles. The van der Waals surface area contributed by atoms with E-state index in [4.69, 9.17) is 0 Å². The lowest BCUT2D eigenvalue weighted by Gasteiger charge is -2.46. The number of allylic oxidation sites excluding steroid dienone is 2. The third-order valence-electron chi connectivity index (χ3n) is 9.16. The van der Waals surface area contributed by atoms with Gasteiger partial charge in [-0.25, -0.2) is 9.18 Å². The minimum atomic E-state index is -0.597. The van der Waals surface area contributed by atoms with Crippen LogP contribution >= 0.6 is 0 Å². The van der Waals surface area contributed by atoms with E-state index in [0.717, 1.165) is 63.1 Å². The van der Waals surface area contributed by atoms with E-state index in [1.54, 1.807) is 11.0 Å². The van der Waals surface area contributed by atoms with Gasteiger partial charge in [-0.2, -0.15) is 10.3 Å². The second kappa shape index (κ2) is 11.6. The van der Waals surface area contributed by atoms with E-state index in [2.05, 4.69) is 40.4 Å². The normalized spacial score (nSPS) is 23.1. The summed E-state index contributed by atoms with van der Waals surface area (Å²) < 4.78 is 14.3. The van der Waals surface area contributed by atoms with E-state index >= 15 is 0 Å². The van der Waals surface area contributed by atoms with E-state index in [0.29, 0.717) is 23.2 Å². The summed E-state index contributed by atoms with van der Waals surface area (Å²) in [6.45, 7) is 4.64.